The lowest BCUT2D eigenvalue weighted by Crippen LogP contribution is -2.40. The number of carbonyl (C=O) groups excluding carboxylic acids is 1. The summed E-state index contributed by atoms with van der Waals surface area (Å²) < 4.78 is 31.6. The molecular weight excluding hydrogens is 316 g/mol. The number of nitrogens with one attached hydrogen (secondary N) is 1. The van der Waals surface area contributed by atoms with Crippen molar-refractivity contribution in [1.82, 2.24) is 9.62 Å². The van der Waals surface area contributed by atoms with Gasteiger partial charge in [0.1, 0.15) is 0 Å². The minimum Gasteiger partial charge on any atom is -0.379 e. The van der Waals surface area contributed by atoms with E-state index in [-0.39, 0.29) is 10.8 Å². The highest BCUT2D eigenvalue weighted by molar-refractivity contribution is 7.89. The van der Waals surface area contributed by atoms with Crippen LogP contribution in [-0.2, 0) is 26.1 Å². The molecule has 0 unspecified atom stereocenters. The van der Waals surface area contributed by atoms with Crippen LogP contribution < -0.4 is 5.32 Å². The first-order chi connectivity index (χ1) is 11.0. The van der Waals surface area contributed by atoms with E-state index in [2.05, 4.69) is 5.32 Å². The van der Waals surface area contributed by atoms with Gasteiger partial charge in [0, 0.05) is 26.1 Å². The number of unbranched alkanes of at least 4 members (excludes halogenated alkanes) is 1. The number of benzene rings is 1. The predicted octanol–water partition coefficient (Wildman–Crippen LogP) is 1.51. The summed E-state index contributed by atoms with van der Waals surface area (Å²) in [7, 11) is -3.46. The summed E-state index contributed by atoms with van der Waals surface area (Å²) in [5, 5.41) is 2.84. The fourth-order valence-corrected chi connectivity index (χ4v) is 3.75. The quantitative estimate of drug-likeness (QED) is 0.816. The maximum Gasteiger partial charge on any atom is 0.243 e. The lowest BCUT2D eigenvalue weighted by atomic mass is 10.2. The molecule has 0 radical (unpaired) electrons. The van der Waals surface area contributed by atoms with E-state index in [4.69, 9.17) is 4.74 Å². The maximum absolute atomic E-state index is 12.5. The Bertz CT molecular complexity index is 607. The number of amides is 1. The molecule has 1 aliphatic rings. The normalized spacial score (nSPS) is 16.2. The van der Waals surface area contributed by atoms with E-state index in [1.54, 1.807) is 24.3 Å². The molecule has 0 spiro atoms. The van der Waals surface area contributed by atoms with E-state index in [1.807, 2.05) is 6.92 Å². The molecule has 1 aromatic rings. The van der Waals surface area contributed by atoms with Gasteiger partial charge in [-0.05, 0) is 24.1 Å². The van der Waals surface area contributed by atoms with Crippen molar-refractivity contribution in [1.29, 1.82) is 0 Å². The van der Waals surface area contributed by atoms with E-state index in [9.17, 15) is 13.2 Å². The summed E-state index contributed by atoms with van der Waals surface area (Å²) >= 11 is 0. The van der Waals surface area contributed by atoms with Crippen LogP contribution in [0, 0.1) is 0 Å². The third-order valence-corrected chi connectivity index (χ3v) is 5.69. The van der Waals surface area contributed by atoms with Crippen LogP contribution in [0.3, 0.4) is 0 Å². The van der Waals surface area contributed by atoms with Crippen molar-refractivity contribution in [3.05, 3.63) is 29.8 Å². The van der Waals surface area contributed by atoms with Gasteiger partial charge in [-0.2, -0.15) is 4.31 Å². The number of nitrogens with zero attached hydrogens (tertiary/aromatic N) is 1. The van der Waals surface area contributed by atoms with E-state index >= 15 is 0 Å². The topological polar surface area (TPSA) is 75.7 Å². The maximum atomic E-state index is 12.5. The summed E-state index contributed by atoms with van der Waals surface area (Å²) in [6, 6.07) is 6.68. The zero-order valence-electron chi connectivity index (χ0n) is 13.5. The van der Waals surface area contributed by atoms with Crippen LogP contribution >= 0.6 is 0 Å². The van der Waals surface area contributed by atoms with Crippen molar-refractivity contribution in [2.45, 2.75) is 37.6 Å². The molecule has 1 N–H and O–H groups in total. The van der Waals surface area contributed by atoms with Gasteiger partial charge in [-0.15, -0.1) is 0 Å². The van der Waals surface area contributed by atoms with Crippen LogP contribution in [0.4, 0.5) is 0 Å². The molecule has 0 aromatic heterocycles. The highest BCUT2D eigenvalue weighted by Crippen LogP contribution is 2.17. The van der Waals surface area contributed by atoms with Crippen molar-refractivity contribution < 1.29 is 17.9 Å². The molecule has 7 heteroatoms. The number of rotatable bonds is 7. The molecule has 1 saturated heterocycles. The van der Waals surface area contributed by atoms with Crippen LogP contribution in [0.15, 0.2) is 29.2 Å². The Morgan fingerprint density at radius 1 is 1.22 bits per heavy atom. The molecule has 0 bridgehead atoms. The molecule has 1 fully saturated rings. The van der Waals surface area contributed by atoms with Crippen LogP contribution in [-0.4, -0.2) is 44.9 Å². The molecule has 1 amide bonds. The third kappa shape index (κ3) is 5.02. The lowest BCUT2D eigenvalue weighted by molar-refractivity contribution is -0.121. The van der Waals surface area contributed by atoms with Gasteiger partial charge in [0.2, 0.25) is 15.9 Å². The molecule has 0 atom stereocenters. The summed E-state index contributed by atoms with van der Waals surface area (Å²) in [6.45, 7) is 4.10. The number of morpholine rings is 1. The molecule has 6 nitrogen and oxygen atoms in total. The van der Waals surface area contributed by atoms with Crippen molar-refractivity contribution in [3.8, 4) is 0 Å². The monoisotopic (exact) mass is 340 g/mol. The van der Waals surface area contributed by atoms with Gasteiger partial charge in [0.25, 0.3) is 0 Å². The largest absolute Gasteiger partial charge is 0.379 e. The third-order valence-electron chi connectivity index (χ3n) is 3.78. The average molecular weight is 340 g/mol. The summed E-state index contributed by atoms with van der Waals surface area (Å²) in [5.41, 5.74) is 0.885. The smallest absolute Gasteiger partial charge is 0.243 e. The Morgan fingerprint density at radius 3 is 2.48 bits per heavy atom. The second kappa shape index (κ2) is 8.42. The molecule has 0 saturated carbocycles. The molecule has 1 heterocycles. The molecule has 1 aliphatic heterocycles. The number of hydrogen-bond donors (Lipinski definition) is 1. The molecule has 23 heavy (non-hydrogen) atoms. The Labute approximate surface area is 137 Å². The second-order valence-corrected chi connectivity index (χ2v) is 7.48. The fourth-order valence-electron chi connectivity index (χ4n) is 2.34. The van der Waals surface area contributed by atoms with Gasteiger partial charge in [0.15, 0.2) is 0 Å². The minimum absolute atomic E-state index is 0.0249. The van der Waals surface area contributed by atoms with Gasteiger partial charge in [-0.25, -0.2) is 8.42 Å². The molecule has 128 valence electrons. The highest BCUT2D eigenvalue weighted by Gasteiger charge is 2.25. The summed E-state index contributed by atoms with van der Waals surface area (Å²) in [4.78, 5) is 11.9. The van der Waals surface area contributed by atoms with Gasteiger partial charge in [-0.1, -0.05) is 25.5 Å². The first-order valence-corrected chi connectivity index (χ1v) is 9.41. The zero-order valence-corrected chi connectivity index (χ0v) is 14.3. The first-order valence-electron chi connectivity index (χ1n) is 7.97. The standard InChI is InChI=1S/C16H24N2O4S/c1-2-3-4-16(19)17-13-14-5-7-15(8-6-14)23(20,21)18-9-11-22-12-10-18/h5-8H,2-4,9-13H2,1H3,(H,17,19). The molecule has 1 aromatic carbocycles. The van der Waals surface area contributed by atoms with Gasteiger partial charge < -0.3 is 10.1 Å². The number of ether oxygens (including phenoxy) is 1. The SMILES string of the molecule is CCCCC(=O)NCc1ccc(S(=O)(=O)N2CCOCC2)cc1. The Balaban J connectivity index is 1.94. The van der Waals surface area contributed by atoms with Gasteiger partial charge in [0.05, 0.1) is 18.1 Å². The number of sulfonamides is 1. The predicted molar refractivity (Wildman–Crippen MR) is 87.4 cm³/mol. The summed E-state index contributed by atoms with van der Waals surface area (Å²) in [5.74, 6) is 0.0249. The Kier molecular flexibility index (Phi) is 6.56. The molecular formula is C16H24N2O4S. The van der Waals surface area contributed by atoms with Gasteiger partial charge in [-0.3, -0.25) is 4.79 Å². The number of hydrogen-bond acceptors (Lipinski definition) is 4. The highest BCUT2D eigenvalue weighted by atomic mass is 32.2. The lowest BCUT2D eigenvalue weighted by Gasteiger charge is -2.26. The second-order valence-electron chi connectivity index (χ2n) is 5.54. The van der Waals surface area contributed by atoms with Crippen LogP contribution in [0.25, 0.3) is 0 Å². The van der Waals surface area contributed by atoms with E-state index < -0.39 is 10.0 Å². The first kappa shape index (κ1) is 17.9. The molecule has 2 rings (SSSR count). The van der Waals surface area contributed by atoms with Gasteiger partial charge >= 0.3 is 0 Å². The number of carbonyl (C=O) groups is 1. The average Bonchev–Trinajstić information content (AvgIpc) is 2.59. The molecule has 0 aliphatic carbocycles. The van der Waals surface area contributed by atoms with Crippen molar-refractivity contribution in [3.63, 3.8) is 0 Å². The Hall–Kier alpha value is -1.44. The zero-order chi connectivity index (χ0) is 16.7. The van der Waals surface area contributed by atoms with E-state index in [1.165, 1.54) is 4.31 Å². The van der Waals surface area contributed by atoms with Crippen molar-refractivity contribution in [2.24, 2.45) is 0 Å². The van der Waals surface area contributed by atoms with E-state index in [0.717, 1.165) is 18.4 Å². The van der Waals surface area contributed by atoms with E-state index in [0.29, 0.717) is 39.3 Å². The van der Waals surface area contributed by atoms with Crippen molar-refractivity contribution in [2.75, 3.05) is 26.3 Å². The minimum atomic E-state index is -3.46. The summed E-state index contributed by atoms with van der Waals surface area (Å²) in [6.07, 6.45) is 2.39. The Morgan fingerprint density at radius 2 is 1.87 bits per heavy atom. The van der Waals surface area contributed by atoms with Crippen LogP contribution in [0.1, 0.15) is 31.7 Å². The van der Waals surface area contributed by atoms with Crippen LogP contribution in [0.5, 0.6) is 0 Å². The van der Waals surface area contributed by atoms with Crippen molar-refractivity contribution >= 4 is 15.9 Å². The fraction of sp³-hybridized carbons (Fsp3) is 0.562. The van der Waals surface area contributed by atoms with Crippen LogP contribution in [0.2, 0.25) is 0 Å².